The highest BCUT2D eigenvalue weighted by atomic mass is 19.1. The molecule has 1 fully saturated rings. The first-order valence-corrected chi connectivity index (χ1v) is 8.49. The van der Waals surface area contributed by atoms with Gasteiger partial charge in [-0.15, -0.1) is 0 Å². The molecule has 25 heavy (non-hydrogen) atoms. The Labute approximate surface area is 146 Å². The van der Waals surface area contributed by atoms with E-state index in [2.05, 4.69) is 10.4 Å². The molecule has 3 rings (SSSR count). The normalized spacial score (nSPS) is 18.4. The average Bonchev–Trinajstić information content (AvgIpc) is 3.14. The topological polar surface area (TPSA) is 70.4 Å². The fraction of sp³-hybridized carbons (Fsp3) is 0.444. The van der Waals surface area contributed by atoms with E-state index in [1.54, 1.807) is 41.8 Å². The molecule has 1 aromatic carbocycles. The minimum absolute atomic E-state index is 0.0558. The number of likely N-dealkylation sites (tertiary alicyclic amines) is 1. The SMILES string of the molecule is CC(O)CC1CCCN1C(=O)Nc1cc(-c2ccc(F)cc2)n(C)n1. The molecule has 0 aliphatic carbocycles. The quantitative estimate of drug-likeness (QED) is 0.894. The van der Waals surface area contributed by atoms with Crippen LogP contribution < -0.4 is 5.32 Å². The lowest BCUT2D eigenvalue weighted by atomic mass is 10.1. The molecule has 1 aliphatic heterocycles. The molecule has 1 aromatic heterocycles. The van der Waals surface area contributed by atoms with E-state index < -0.39 is 6.10 Å². The Hall–Kier alpha value is -2.41. The Morgan fingerprint density at radius 3 is 2.84 bits per heavy atom. The number of carbonyl (C=O) groups is 1. The fourth-order valence-electron chi connectivity index (χ4n) is 3.34. The van der Waals surface area contributed by atoms with Crippen LogP contribution >= 0.6 is 0 Å². The maximum Gasteiger partial charge on any atom is 0.323 e. The number of carbonyl (C=O) groups excluding carboxylic acids is 1. The van der Waals surface area contributed by atoms with Gasteiger partial charge < -0.3 is 10.0 Å². The number of urea groups is 1. The third-order valence-electron chi connectivity index (χ3n) is 4.51. The number of nitrogens with one attached hydrogen (secondary N) is 1. The Bertz CT molecular complexity index is 742. The molecule has 2 unspecified atom stereocenters. The number of anilines is 1. The van der Waals surface area contributed by atoms with Gasteiger partial charge in [-0.25, -0.2) is 9.18 Å². The van der Waals surface area contributed by atoms with Crippen LogP contribution in [0, 0.1) is 5.82 Å². The van der Waals surface area contributed by atoms with Crippen molar-refractivity contribution in [3.05, 3.63) is 36.1 Å². The minimum atomic E-state index is -0.432. The molecule has 2 amide bonds. The summed E-state index contributed by atoms with van der Waals surface area (Å²) >= 11 is 0. The van der Waals surface area contributed by atoms with Crippen molar-refractivity contribution in [1.82, 2.24) is 14.7 Å². The standard InChI is InChI=1S/C18H23FN4O2/c1-12(24)10-15-4-3-9-23(15)18(25)20-17-11-16(22(2)21-17)13-5-7-14(19)8-6-13/h5-8,11-12,15,24H,3-4,9-10H2,1-2H3,(H,20,21,25). The molecule has 2 heterocycles. The van der Waals surface area contributed by atoms with Gasteiger partial charge in [-0.3, -0.25) is 10.00 Å². The predicted octanol–water partition coefficient (Wildman–Crippen LogP) is 2.99. The second kappa shape index (κ2) is 7.23. The lowest BCUT2D eigenvalue weighted by Gasteiger charge is -2.25. The number of aliphatic hydroxyl groups is 1. The maximum absolute atomic E-state index is 13.1. The van der Waals surface area contributed by atoms with E-state index in [9.17, 15) is 14.3 Å². The van der Waals surface area contributed by atoms with E-state index in [1.807, 2.05) is 0 Å². The monoisotopic (exact) mass is 346 g/mol. The number of nitrogens with zero attached hydrogens (tertiary/aromatic N) is 3. The molecule has 2 N–H and O–H groups in total. The number of benzene rings is 1. The van der Waals surface area contributed by atoms with Crippen LogP contribution in [0.15, 0.2) is 30.3 Å². The summed E-state index contributed by atoms with van der Waals surface area (Å²) in [4.78, 5) is 14.3. The zero-order valence-electron chi connectivity index (χ0n) is 14.4. The molecule has 1 aliphatic rings. The van der Waals surface area contributed by atoms with Crippen LogP contribution in [0.4, 0.5) is 15.0 Å². The van der Waals surface area contributed by atoms with Crippen molar-refractivity contribution in [2.75, 3.05) is 11.9 Å². The molecule has 1 saturated heterocycles. The first-order valence-electron chi connectivity index (χ1n) is 8.49. The number of hydrogen-bond donors (Lipinski definition) is 2. The molecule has 2 atom stereocenters. The summed E-state index contributed by atoms with van der Waals surface area (Å²) in [5.41, 5.74) is 1.61. The Morgan fingerprint density at radius 2 is 2.16 bits per heavy atom. The molecular weight excluding hydrogens is 323 g/mol. The Morgan fingerprint density at radius 1 is 1.44 bits per heavy atom. The molecule has 6 nitrogen and oxygen atoms in total. The van der Waals surface area contributed by atoms with Crippen molar-refractivity contribution < 1.29 is 14.3 Å². The number of aliphatic hydroxyl groups excluding tert-OH is 1. The van der Waals surface area contributed by atoms with E-state index in [4.69, 9.17) is 0 Å². The van der Waals surface area contributed by atoms with Crippen LogP contribution in [0.3, 0.4) is 0 Å². The molecule has 0 spiro atoms. The molecule has 0 saturated carbocycles. The van der Waals surface area contributed by atoms with E-state index in [0.29, 0.717) is 18.8 Å². The van der Waals surface area contributed by atoms with Gasteiger partial charge in [0.2, 0.25) is 0 Å². The van der Waals surface area contributed by atoms with Gasteiger partial charge in [-0.2, -0.15) is 5.10 Å². The predicted molar refractivity (Wildman–Crippen MR) is 93.6 cm³/mol. The molecule has 0 bridgehead atoms. The first kappa shape index (κ1) is 17.4. The smallest absolute Gasteiger partial charge is 0.323 e. The van der Waals surface area contributed by atoms with Crippen molar-refractivity contribution in [3.8, 4) is 11.3 Å². The van der Waals surface area contributed by atoms with Crippen molar-refractivity contribution >= 4 is 11.8 Å². The Balaban J connectivity index is 1.72. The summed E-state index contributed by atoms with van der Waals surface area (Å²) in [6.45, 7) is 2.42. The molecule has 0 radical (unpaired) electrons. The maximum atomic E-state index is 13.1. The highest BCUT2D eigenvalue weighted by Gasteiger charge is 2.30. The van der Waals surface area contributed by atoms with Crippen LogP contribution in [0.1, 0.15) is 26.2 Å². The fourth-order valence-corrected chi connectivity index (χ4v) is 3.34. The number of aryl methyl sites for hydroxylation is 1. The van der Waals surface area contributed by atoms with E-state index in [0.717, 1.165) is 24.1 Å². The summed E-state index contributed by atoms with van der Waals surface area (Å²) in [7, 11) is 1.78. The van der Waals surface area contributed by atoms with E-state index >= 15 is 0 Å². The number of halogens is 1. The van der Waals surface area contributed by atoms with E-state index in [1.165, 1.54) is 12.1 Å². The second-order valence-corrected chi connectivity index (χ2v) is 6.55. The van der Waals surface area contributed by atoms with Gasteiger partial charge in [0.25, 0.3) is 0 Å². The number of hydrogen-bond acceptors (Lipinski definition) is 3. The van der Waals surface area contributed by atoms with Crippen molar-refractivity contribution in [3.63, 3.8) is 0 Å². The summed E-state index contributed by atoms with van der Waals surface area (Å²) in [6.07, 6.45) is 1.99. The summed E-state index contributed by atoms with van der Waals surface area (Å²) in [5.74, 6) is 0.159. The van der Waals surface area contributed by atoms with Gasteiger partial charge in [0.1, 0.15) is 5.82 Å². The number of rotatable bonds is 4. The summed E-state index contributed by atoms with van der Waals surface area (Å²) < 4.78 is 14.7. The molecule has 2 aromatic rings. The van der Waals surface area contributed by atoms with Crippen molar-refractivity contribution in [2.24, 2.45) is 7.05 Å². The minimum Gasteiger partial charge on any atom is -0.393 e. The zero-order chi connectivity index (χ0) is 18.0. The van der Waals surface area contributed by atoms with Crippen LogP contribution in [0.2, 0.25) is 0 Å². The van der Waals surface area contributed by atoms with Crippen molar-refractivity contribution in [2.45, 2.75) is 38.3 Å². The zero-order valence-corrected chi connectivity index (χ0v) is 14.4. The number of aromatic nitrogens is 2. The van der Waals surface area contributed by atoms with Gasteiger partial charge in [0.05, 0.1) is 11.8 Å². The van der Waals surface area contributed by atoms with Gasteiger partial charge in [0.15, 0.2) is 5.82 Å². The third-order valence-corrected chi connectivity index (χ3v) is 4.51. The molecule has 134 valence electrons. The van der Waals surface area contributed by atoms with Crippen LogP contribution in [-0.4, -0.2) is 44.5 Å². The van der Waals surface area contributed by atoms with Crippen LogP contribution in [0.25, 0.3) is 11.3 Å². The molecule has 7 heteroatoms. The van der Waals surface area contributed by atoms with Gasteiger partial charge >= 0.3 is 6.03 Å². The lowest BCUT2D eigenvalue weighted by molar-refractivity contribution is 0.142. The summed E-state index contributed by atoms with van der Waals surface area (Å²) in [5, 5.41) is 16.7. The van der Waals surface area contributed by atoms with Crippen LogP contribution in [0.5, 0.6) is 0 Å². The highest BCUT2D eigenvalue weighted by molar-refractivity contribution is 5.89. The van der Waals surface area contributed by atoms with Crippen LogP contribution in [-0.2, 0) is 7.05 Å². The number of amides is 2. The van der Waals surface area contributed by atoms with Gasteiger partial charge in [0, 0.05) is 31.3 Å². The van der Waals surface area contributed by atoms with Gasteiger partial charge in [-0.05, 0) is 50.5 Å². The average molecular weight is 346 g/mol. The largest absolute Gasteiger partial charge is 0.393 e. The highest BCUT2D eigenvalue weighted by Crippen LogP contribution is 2.25. The Kier molecular flexibility index (Phi) is 5.03. The summed E-state index contributed by atoms with van der Waals surface area (Å²) in [6, 6.07) is 7.77. The van der Waals surface area contributed by atoms with E-state index in [-0.39, 0.29) is 17.9 Å². The van der Waals surface area contributed by atoms with Gasteiger partial charge in [-0.1, -0.05) is 0 Å². The molecular formula is C18H23FN4O2. The lowest BCUT2D eigenvalue weighted by Crippen LogP contribution is -2.40. The first-order chi connectivity index (χ1) is 11.9. The van der Waals surface area contributed by atoms with Crippen molar-refractivity contribution in [1.29, 1.82) is 0 Å². The second-order valence-electron chi connectivity index (χ2n) is 6.55. The third kappa shape index (κ3) is 3.99.